The van der Waals surface area contributed by atoms with E-state index in [0.29, 0.717) is 5.69 Å². The molecule has 0 radical (unpaired) electrons. The summed E-state index contributed by atoms with van der Waals surface area (Å²) in [5.41, 5.74) is 2.66. The first-order valence-electron chi connectivity index (χ1n) is 11.1. The molecule has 4 rings (SSSR count). The highest BCUT2D eigenvalue weighted by atomic mass is 16.5. The number of benzene rings is 1. The molecule has 1 saturated heterocycles. The first-order chi connectivity index (χ1) is 14.7. The number of anilines is 1. The molecule has 0 spiro atoms. The molecule has 2 saturated carbocycles. The molecule has 1 heterocycles. The van der Waals surface area contributed by atoms with E-state index in [1.54, 1.807) is 13.8 Å². The Morgan fingerprint density at radius 1 is 1.03 bits per heavy atom. The molecule has 5 atom stereocenters. The Hall–Kier alpha value is -2.70. The van der Waals surface area contributed by atoms with Gasteiger partial charge in [0.1, 0.15) is 6.04 Å². The van der Waals surface area contributed by atoms with Crippen LogP contribution in [0.25, 0.3) is 0 Å². The number of aryl methyl sites for hydroxylation is 2. The second-order valence-corrected chi connectivity index (χ2v) is 9.65. The Balaban J connectivity index is 1.42. The smallest absolute Gasteiger partial charge is 0.330 e. The second kappa shape index (κ2) is 8.09. The lowest BCUT2D eigenvalue weighted by molar-refractivity contribution is -0.162. The highest BCUT2D eigenvalue weighted by Gasteiger charge is 2.62. The average Bonchev–Trinajstić information content (AvgIpc) is 3.35. The number of rotatable bonds is 6. The van der Waals surface area contributed by atoms with Crippen LogP contribution in [0.4, 0.5) is 5.69 Å². The van der Waals surface area contributed by atoms with Crippen molar-refractivity contribution < 1.29 is 23.9 Å². The van der Waals surface area contributed by atoms with Crippen LogP contribution in [0, 0.1) is 43.4 Å². The van der Waals surface area contributed by atoms with E-state index in [1.165, 1.54) is 0 Å². The number of hydrogen-bond acceptors (Lipinski definition) is 5. The van der Waals surface area contributed by atoms with Crippen LogP contribution in [0.2, 0.25) is 0 Å². The normalized spacial score (nSPS) is 27.6. The van der Waals surface area contributed by atoms with E-state index in [4.69, 9.17) is 4.74 Å². The van der Waals surface area contributed by atoms with Crippen LogP contribution in [-0.4, -0.2) is 41.2 Å². The van der Waals surface area contributed by atoms with Gasteiger partial charge < -0.3 is 10.1 Å². The van der Waals surface area contributed by atoms with Gasteiger partial charge in [-0.3, -0.25) is 19.3 Å². The molecular weight excluding hydrogens is 396 g/mol. The average molecular weight is 427 g/mol. The number of nitrogens with zero attached hydrogens (tertiary/aromatic N) is 1. The maximum Gasteiger partial charge on any atom is 0.330 e. The van der Waals surface area contributed by atoms with E-state index >= 15 is 0 Å². The number of imide groups is 1. The van der Waals surface area contributed by atoms with E-state index in [0.717, 1.165) is 35.3 Å². The molecule has 0 unspecified atom stereocenters. The van der Waals surface area contributed by atoms with Crippen molar-refractivity contribution in [2.75, 3.05) is 11.9 Å². The predicted molar refractivity (Wildman–Crippen MR) is 114 cm³/mol. The summed E-state index contributed by atoms with van der Waals surface area (Å²) < 4.78 is 5.26. The molecular formula is C24H30N2O5. The van der Waals surface area contributed by atoms with Gasteiger partial charge in [0.2, 0.25) is 11.8 Å². The van der Waals surface area contributed by atoms with Gasteiger partial charge in [-0.1, -0.05) is 19.9 Å². The Labute approximate surface area is 182 Å². The van der Waals surface area contributed by atoms with Crippen molar-refractivity contribution in [1.82, 2.24) is 4.90 Å². The molecule has 7 nitrogen and oxygen atoms in total. The van der Waals surface area contributed by atoms with Crippen molar-refractivity contribution in [3.8, 4) is 0 Å². The molecule has 3 amide bonds. The van der Waals surface area contributed by atoms with Crippen molar-refractivity contribution in [3.05, 3.63) is 29.3 Å². The summed E-state index contributed by atoms with van der Waals surface area (Å²) in [6, 6.07) is 4.66. The van der Waals surface area contributed by atoms with Crippen LogP contribution >= 0.6 is 0 Å². The minimum atomic E-state index is -1.00. The minimum absolute atomic E-state index is 0.238. The van der Waals surface area contributed by atoms with Crippen LogP contribution in [0.3, 0.4) is 0 Å². The van der Waals surface area contributed by atoms with Gasteiger partial charge in [0.05, 0.1) is 11.8 Å². The fourth-order valence-corrected chi connectivity index (χ4v) is 5.85. The number of esters is 1. The zero-order valence-corrected chi connectivity index (χ0v) is 18.5. The summed E-state index contributed by atoms with van der Waals surface area (Å²) in [5.74, 6) is -2.02. The number of carbonyl (C=O) groups is 4. The standard InChI is InChI=1S/C24H30N2O5/c1-12(2)21(26-22(28)19-15-5-6-16(10-15)20(19)23(26)29)24(30)31-11-18(27)25-17-8-13(3)7-14(4)9-17/h7-9,12,15-16,19-21H,5-6,10-11H2,1-4H3,(H,25,27)/t15-,16-,19-,20+,21+/m1/s1. The van der Waals surface area contributed by atoms with Crippen molar-refractivity contribution in [2.45, 2.75) is 53.0 Å². The Morgan fingerprint density at radius 2 is 1.58 bits per heavy atom. The van der Waals surface area contributed by atoms with Crippen molar-refractivity contribution in [1.29, 1.82) is 0 Å². The number of carbonyl (C=O) groups excluding carboxylic acids is 4. The number of amides is 3. The Morgan fingerprint density at radius 3 is 2.10 bits per heavy atom. The zero-order valence-electron chi connectivity index (χ0n) is 18.5. The van der Waals surface area contributed by atoms with Crippen molar-refractivity contribution >= 4 is 29.4 Å². The van der Waals surface area contributed by atoms with Crippen LogP contribution in [0.5, 0.6) is 0 Å². The van der Waals surface area contributed by atoms with E-state index < -0.39 is 24.5 Å². The number of fused-ring (bicyclic) bond motifs is 5. The zero-order chi connectivity index (χ0) is 22.4. The number of hydrogen-bond donors (Lipinski definition) is 1. The molecule has 3 aliphatic rings. The lowest BCUT2D eigenvalue weighted by Crippen LogP contribution is -2.50. The molecule has 7 heteroatoms. The van der Waals surface area contributed by atoms with Crippen LogP contribution in [-0.2, 0) is 23.9 Å². The van der Waals surface area contributed by atoms with Crippen LogP contribution in [0.15, 0.2) is 18.2 Å². The largest absolute Gasteiger partial charge is 0.454 e. The summed E-state index contributed by atoms with van der Waals surface area (Å²) >= 11 is 0. The number of likely N-dealkylation sites (tertiary alicyclic amines) is 1. The molecule has 166 valence electrons. The SMILES string of the molecule is Cc1cc(C)cc(NC(=O)COC(=O)[C@H](C(C)C)N2C(=O)[C@@H]3[C@@H]4CC[C@H](C4)[C@@H]3C2=O)c1. The van der Waals surface area contributed by atoms with Gasteiger partial charge in [-0.25, -0.2) is 4.79 Å². The van der Waals surface area contributed by atoms with Crippen molar-refractivity contribution in [3.63, 3.8) is 0 Å². The summed E-state index contributed by atoms with van der Waals surface area (Å²) in [6.45, 7) is 6.96. The van der Waals surface area contributed by atoms with Gasteiger partial charge in [-0.2, -0.15) is 0 Å². The molecule has 1 aromatic rings. The molecule has 1 aliphatic heterocycles. The summed E-state index contributed by atoms with van der Waals surface area (Å²) in [7, 11) is 0. The van der Waals surface area contributed by atoms with E-state index in [1.807, 2.05) is 32.0 Å². The Bertz CT molecular complexity index is 892. The van der Waals surface area contributed by atoms with Gasteiger partial charge in [0.25, 0.3) is 5.91 Å². The molecule has 3 fully saturated rings. The van der Waals surface area contributed by atoms with Crippen molar-refractivity contribution in [2.24, 2.45) is 29.6 Å². The predicted octanol–water partition coefficient (Wildman–Crippen LogP) is 2.84. The number of ether oxygens (including phenoxy) is 1. The van der Waals surface area contributed by atoms with Gasteiger partial charge in [0.15, 0.2) is 6.61 Å². The molecule has 31 heavy (non-hydrogen) atoms. The first-order valence-corrected chi connectivity index (χ1v) is 11.1. The maximum atomic E-state index is 13.1. The lowest BCUT2D eigenvalue weighted by Gasteiger charge is -2.28. The van der Waals surface area contributed by atoms with Crippen LogP contribution < -0.4 is 5.32 Å². The van der Waals surface area contributed by atoms with E-state index in [-0.39, 0.29) is 41.4 Å². The van der Waals surface area contributed by atoms with Gasteiger partial charge >= 0.3 is 5.97 Å². The topological polar surface area (TPSA) is 92.8 Å². The fraction of sp³-hybridized carbons (Fsp3) is 0.583. The third-order valence-corrected chi connectivity index (χ3v) is 6.96. The van der Waals surface area contributed by atoms with Gasteiger partial charge in [-0.15, -0.1) is 0 Å². The summed E-state index contributed by atoms with van der Waals surface area (Å²) in [4.78, 5) is 52.5. The second-order valence-electron chi connectivity index (χ2n) is 9.65. The monoisotopic (exact) mass is 426 g/mol. The molecule has 2 aliphatic carbocycles. The minimum Gasteiger partial charge on any atom is -0.454 e. The highest BCUT2D eigenvalue weighted by molar-refractivity contribution is 6.08. The molecule has 1 N–H and O–H groups in total. The highest BCUT2D eigenvalue weighted by Crippen LogP contribution is 2.56. The number of nitrogens with one attached hydrogen (secondary N) is 1. The molecule has 1 aromatic carbocycles. The van der Waals surface area contributed by atoms with Gasteiger partial charge in [0, 0.05) is 5.69 Å². The van der Waals surface area contributed by atoms with Crippen LogP contribution in [0.1, 0.15) is 44.2 Å². The lowest BCUT2D eigenvalue weighted by atomic mass is 9.81. The summed E-state index contributed by atoms with van der Waals surface area (Å²) in [5, 5.41) is 2.72. The van der Waals surface area contributed by atoms with Gasteiger partial charge in [-0.05, 0) is 74.1 Å². The Kier molecular flexibility index (Phi) is 5.62. The van der Waals surface area contributed by atoms with E-state index in [2.05, 4.69) is 5.32 Å². The summed E-state index contributed by atoms with van der Waals surface area (Å²) in [6.07, 6.45) is 2.90. The third-order valence-electron chi connectivity index (χ3n) is 6.96. The molecule has 2 bridgehead atoms. The fourth-order valence-electron chi connectivity index (χ4n) is 5.85. The molecule has 0 aromatic heterocycles. The third kappa shape index (κ3) is 3.86. The maximum absolute atomic E-state index is 13.1. The first kappa shape index (κ1) is 21.5. The van der Waals surface area contributed by atoms with E-state index in [9.17, 15) is 19.2 Å². The quantitative estimate of drug-likeness (QED) is 0.558.